The maximum Gasteiger partial charge on any atom is 0.0797 e. The van der Waals surface area contributed by atoms with Gasteiger partial charge in [0.2, 0.25) is 0 Å². The molecule has 1 saturated heterocycles. The Labute approximate surface area is 77.1 Å². The molecular formula is C9H17BrN+. The number of alkyl halides is 1. The maximum atomic E-state index is 3.95. The van der Waals surface area contributed by atoms with Crippen LogP contribution in [0.2, 0.25) is 0 Å². The normalized spacial score (nSPS) is 45.0. The highest BCUT2D eigenvalue weighted by Gasteiger charge is 2.41. The summed E-state index contributed by atoms with van der Waals surface area (Å²) in [6, 6.07) is 0. The molecule has 0 aromatic rings. The summed E-state index contributed by atoms with van der Waals surface area (Å²) < 4.78 is 0.556. The number of nitrogens with two attached hydrogens (primary N) is 1. The summed E-state index contributed by atoms with van der Waals surface area (Å²) in [6.45, 7) is 2.70. The Balaban J connectivity index is 2.06. The molecule has 2 aliphatic rings. The number of rotatable bonds is 0. The van der Waals surface area contributed by atoms with Gasteiger partial charge in [-0.15, -0.1) is 0 Å². The second kappa shape index (κ2) is 3.06. The Morgan fingerprint density at radius 3 is 3.00 bits per heavy atom. The van der Waals surface area contributed by atoms with Gasteiger partial charge in [-0.3, -0.25) is 0 Å². The van der Waals surface area contributed by atoms with Crippen LogP contribution >= 0.6 is 15.9 Å². The summed E-state index contributed by atoms with van der Waals surface area (Å²) >= 11 is 3.95. The molecule has 2 atom stereocenters. The number of halogens is 1. The SMILES string of the molecule is Br[C@]12CCCC[C@H]1C[NH2+]CC2. The van der Waals surface area contributed by atoms with Gasteiger partial charge in [-0.1, -0.05) is 28.8 Å². The highest BCUT2D eigenvalue weighted by molar-refractivity contribution is 9.10. The van der Waals surface area contributed by atoms with E-state index in [0.717, 1.165) is 5.92 Å². The monoisotopic (exact) mass is 218 g/mol. The lowest BCUT2D eigenvalue weighted by atomic mass is 9.75. The first-order chi connectivity index (χ1) is 5.31. The standard InChI is InChI=1S/C9H16BrN/c10-9-4-2-1-3-8(9)7-11-6-5-9/h8,11H,1-7H2/p+1/t8-,9-/m0/s1. The van der Waals surface area contributed by atoms with E-state index in [9.17, 15) is 0 Å². The van der Waals surface area contributed by atoms with Crippen molar-refractivity contribution in [2.24, 2.45) is 5.92 Å². The smallest absolute Gasteiger partial charge is 0.0797 e. The van der Waals surface area contributed by atoms with Crippen molar-refractivity contribution in [1.82, 2.24) is 0 Å². The molecule has 0 aromatic carbocycles. The van der Waals surface area contributed by atoms with E-state index in [-0.39, 0.29) is 0 Å². The van der Waals surface area contributed by atoms with Crippen molar-refractivity contribution in [2.75, 3.05) is 13.1 Å². The Morgan fingerprint density at radius 2 is 2.18 bits per heavy atom. The van der Waals surface area contributed by atoms with Gasteiger partial charge < -0.3 is 5.32 Å². The summed E-state index contributed by atoms with van der Waals surface area (Å²) in [5, 5.41) is 2.48. The van der Waals surface area contributed by atoms with Gasteiger partial charge in [0.25, 0.3) is 0 Å². The minimum atomic E-state index is 0.556. The van der Waals surface area contributed by atoms with Gasteiger partial charge >= 0.3 is 0 Å². The van der Waals surface area contributed by atoms with Crippen LogP contribution in [0.25, 0.3) is 0 Å². The molecule has 0 bridgehead atoms. The van der Waals surface area contributed by atoms with E-state index < -0.39 is 0 Å². The number of hydrogen-bond acceptors (Lipinski definition) is 0. The summed E-state index contributed by atoms with van der Waals surface area (Å²) in [6.07, 6.45) is 7.18. The second-order valence-corrected chi connectivity index (χ2v) is 5.62. The van der Waals surface area contributed by atoms with Crippen LogP contribution in [0.5, 0.6) is 0 Å². The van der Waals surface area contributed by atoms with Gasteiger partial charge in [0, 0.05) is 16.7 Å². The van der Waals surface area contributed by atoms with E-state index in [4.69, 9.17) is 0 Å². The highest BCUT2D eigenvalue weighted by Crippen LogP contribution is 2.43. The largest absolute Gasteiger partial charge is 0.346 e. The van der Waals surface area contributed by atoms with Crippen LogP contribution in [-0.2, 0) is 0 Å². The van der Waals surface area contributed by atoms with Gasteiger partial charge in [0.1, 0.15) is 0 Å². The predicted molar refractivity (Wildman–Crippen MR) is 49.9 cm³/mol. The van der Waals surface area contributed by atoms with Crippen LogP contribution in [0.15, 0.2) is 0 Å². The molecule has 2 N–H and O–H groups in total. The van der Waals surface area contributed by atoms with Crippen LogP contribution < -0.4 is 5.32 Å². The zero-order valence-electron chi connectivity index (χ0n) is 6.98. The lowest BCUT2D eigenvalue weighted by Gasteiger charge is -2.41. The number of fused-ring (bicyclic) bond motifs is 1. The first-order valence-corrected chi connectivity index (χ1v) is 5.61. The Kier molecular flexibility index (Phi) is 2.24. The minimum Gasteiger partial charge on any atom is -0.346 e. The first-order valence-electron chi connectivity index (χ1n) is 4.82. The van der Waals surface area contributed by atoms with Gasteiger partial charge in [-0.2, -0.15) is 0 Å². The van der Waals surface area contributed by atoms with Crippen molar-refractivity contribution in [2.45, 2.75) is 36.4 Å². The lowest BCUT2D eigenvalue weighted by Crippen LogP contribution is -2.89. The first kappa shape index (κ1) is 8.06. The molecule has 1 saturated carbocycles. The molecule has 0 radical (unpaired) electrons. The van der Waals surface area contributed by atoms with Crippen LogP contribution in [0.3, 0.4) is 0 Å². The summed E-state index contributed by atoms with van der Waals surface area (Å²) in [7, 11) is 0. The molecule has 1 aliphatic heterocycles. The summed E-state index contributed by atoms with van der Waals surface area (Å²) in [5.41, 5.74) is 0. The molecule has 0 aromatic heterocycles. The molecule has 2 rings (SSSR count). The van der Waals surface area contributed by atoms with Crippen molar-refractivity contribution in [3.05, 3.63) is 0 Å². The predicted octanol–water partition coefficient (Wildman–Crippen LogP) is 1.28. The van der Waals surface area contributed by atoms with Crippen molar-refractivity contribution in [1.29, 1.82) is 0 Å². The number of hydrogen-bond donors (Lipinski definition) is 1. The van der Waals surface area contributed by atoms with Crippen LogP contribution in [0, 0.1) is 5.92 Å². The highest BCUT2D eigenvalue weighted by atomic mass is 79.9. The van der Waals surface area contributed by atoms with Crippen LogP contribution in [0.1, 0.15) is 32.1 Å². The molecule has 0 amide bonds. The Hall–Kier alpha value is 0.440. The third kappa shape index (κ3) is 1.48. The van der Waals surface area contributed by atoms with Crippen LogP contribution in [-0.4, -0.2) is 17.4 Å². The van der Waals surface area contributed by atoms with E-state index >= 15 is 0 Å². The van der Waals surface area contributed by atoms with E-state index in [1.54, 1.807) is 0 Å². The van der Waals surface area contributed by atoms with E-state index in [2.05, 4.69) is 21.2 Å². The van der Waals surface area contributed by atoms with Crippen molar-refractivity contribution in [3.8, 4) is 0 Å². The summed E-state index contributed by atoms with van der Waals surface area (Å²) in [5.74, 6) is 0.963. The average molecular weight is 219 g/mol. The molecule has 0 spiro atoms. The van der Waals surface area contributed by atoms with Crippen molar-refractivity contribution in [3.63, 3.8) is 0 Å². The minimum absolute atomic E-state index is 0.556. The fourth-order valence-electron chi connectivity index (χ4n) is 2.59. The Morgan fingerprint density at radius 1 is 1.27 bits per heavy atom. The lowest BCUT2D eigenvalue weighted by molar-refractivity contribution is -0.671. The van der Waals surface area contributed by atoms with Crippen molar-refractivity contribution >= 4 is 15.9 Å². The third-order valence-corrected chi connectivity index (χ3v) is 4.78. The van der Waals surface area contributed by atoms with Crippen molar-refractivity contribution < 1.29 is 5.32 Å². The quantitative estimate of drug-likeness (QED) is 0.591. The molecule has 0 unspecified atom stereocenters. The van der Waals surface area contributed by atoms with Gasteiger partial charge in [0.15, 0.2) is 0 Å². The summed E-state index contributed by atoms with van der Waals surface area (Å²) in [4.78, 5) is 0. The van der Waals surface area contributed by atoms with E-state index in [1.165, 1.54) is 45.2 Å². The Bertz CT molecular complexity index is 134. The zero-order valence-corrected chi connectivity index (χ0v) is 8.57. The van der Waals surface area contributed by atoms with Crippen LogP contribution in [0.4, 0.5) is 0 Å². The fourth-order valence-corrected chi connectivity index (χ4v) is 3.52. The molecule has 1 heterocycles. The average Bonchev–Trinajstić information content (AvgIpc) is 2.03. The number of quaternary nitrogens is 1. The molecule has 2 fully saturated rings. The van der Waals surface area contributed by atoms with E-state index in [0.29, 0.717) is 4.32 Å². The maximum absolute atomic E-state index is 3.95. The zero-order chi connectivity index (χ0) is 7.73. The molecule has 2 heteroatoms. The number of piperidine rings is 1. The second-order valence-electron chi connectivity index (χ2n) is 4.04. The molecule has 1 aliphatic carbocycles. The fraction of sp³-hybridized carbons (Fsp3) is 1.00. The third-order valence-electron chi connectivity index (χ3n) is 3.34. The van der Waals surface area contributed by atoms with Gasteiger partial charge in [0.05, 0.1) is 13.1 Å². The molecule has 1 nitrogen and oxygen atoms in total. The van der Waals surface area contributed by atoms with Gasteiger partial charge in [-0.05, 0) is 12.8 Å². The molecular weight excluding hydrogens is 202 g/mol. The topological polar surface area (TPSA) is 16.6 Å². The molecule has 64 valence electrons. The van der Waals surface area contributed by atoms with E-state index in [1.807, 2.05) is 0 Å². The molecule has 11 heavy (non-hydrogen) atoms. The van der Waals surface area contributed by atoms with Gasteiger partial charge in [-0.25, -0.2) is 0 Å².